The summed E-state index contributed by atoms with van der Waals surface area (Å²) in [5.74, 6) is 2.91. The highest BCUT2D eigenvalue weighted by Crippen LogP contribution is 2.61. The molecular weight excluding hydrogens is 332 g/mol. The Morgan fingerprint density at radius 1 is 0.846 bits per heavy atom. The Hall–Kier alpha value is -0.690. The number of hydrogen-bond donors (Lipinski definition) is 2. The lowest BCUT2D eigenvalue weighted by Gasteiger charge is -2.56. The molecule has 150 valence electrons. The lowest BCUT2D eigenvalue weighted by atomic mass is 9.49. The van der Waals surface area contributed by atoms with Gasteiger partial charge in [-0.2, -0.15) is 0 Å². The van der Waals surface area contributed by atoms with Gasteiger partial charge in [0.25, 0.3) is 0 Å². The van der Waals surface area contributed by atoms with Crippen molar-refractivity contribution in [3.8, 4) is 0 Å². The first-order valence-corrected chi connectivity index (χ1v) is 10.4. The van der Waals surface area contributed by atoms with Gasteiger partial charge in [0.2, 0.25) is 5.91 Å². The van der Waals surface area contributed by atoms with Crippen molar-refractivity contribution < 1.29 is 19.0 Å². The van der Waals surface area contributed by atoms with Gasteiger partial charge in [0.1, 0.15) is 0 Å². The van der Waals surface area contributed by atoms with Crippen molar-refractivity contribution in [1.29, 1.82) is 0 Å². The average molecular weight is 369 g/mol. The maximum atomic E-state index is 12.4. The molecular formula is C20H36N2O4. The van der Waals surface area contributed by atoms with Crippen molar-refractivity contribution in [2.24, 2.45) is 28.9 Å². The molecule has 0 radical (unpaired) electrons. The van der Waals surface area contributed by atoms with Crippen LogP contribution >= 0.6 is 0 Å². The van der Waals surface area contributed by atoms with Crippen LogP contribution in [-0.2, 0) is 19.0 Å². The van der Waals surface area contributed by atoms with E-state index in [-0.39, 0.29) is 5.91 Å². The van der Waals surface area contributed by atoms with Crippen LogP contribution in [0, 0.1) is 23.2 Å². The first-order valence-electron chi connectivity index (χ1n) is 10.4. The fraction of sp³-hybridized carbons (Fsp3) is 0.950. The summed E-state index contributed by atoms with van der Waals surface area (Å²) in [7, 11) is 0. The SMILES string of the molecule is NCCOCCOCCOCCNC(=O)CC12CC3CC(CC(C3)C1)C2. The largest absolute Gasteiger partial charge is 0.378 e. The van der Waals surface area contributed by atoms with Crippen LogP contribution in [0.5, 0.6) is 0 Å². The lowest BCUT2D eigenvalue weighted by Crippen LogP contribution is -2.48. The van der Waals surface area contributed by atoms with Crippen LogP contribution in [0.1, 0.15) is 44.9 Å². The molecule has 6 heteroatoms. The Balaban J connectivity index is 1.19. The van der Waals surface area contributed by atoms with Crippen molar-refractivity contribution >= 4 is 5.91 Å². The Labute approximate surface area is 157 Å². The zero-order chi connectivity index (χ0) is 18.2. The van der Waals surface area contributed by atoms with E-state index in [0.29, 0.717) is 58.1 Å². The number of carbonyl (C=O) groups is 1. The van der Waals surface area contributed by atoms with Gasteiger partial charge in [0.05, 0.1) is 39.6 Å². The Bertz CT molecular complexity index is 408. The van der Waals surface area contributed by atoms with Gasteiger partial charge in [-0.3, -0.25) is 4.79 Å². The van der Waals surface area contributed by atoms with Gasteiger partial charge in [-0.1, -0.05) is 0 Å². The average Bonchev–Trinajstić information content (AvgIpc) is 2.58. The summed E-state index contributed by atoms with van der Waals surface area (Å²) in [4.78, 5) is 12.4. The Kier molecular flexibility index (Phi) is 7.73. The fourth-order valence-electron chi connectivity index (χ4n) is 5.80. The van der Waals surface area contributed by atoms with Crippen molar-refractivity contribution in [3.63, 3.8) is 0 Å². The second-order valence-corrected chi connectivity index (χ2v) is 8.57. The van der Waals surface area contributed by atoms with E-state index in [1.807, 2.05) is 0 Å². The lowest BCUT2D eigenvalue weighted by molar-refractivity contribution is -0.129. The molecule has 0 aromatic carbocycles. The summed E-state index contributed by atoms with van der Waals surface area (Å²) in [6.07, 6.45) is 8.87. The second kappa shape index (κ2) is 10.0. The Morgan fingerprint density at radius 3 is 1.88 bits per heavy atom. The van der Waals surface area contributed by atoms with Crippen LogP contribution in [-0.4, -0.2) is 58.6 Å². The molecule has 4 bridgehead atoms. The van der Waals surface area contributed by atoms with Crippen LogP contribution in [0.15, 0.2) is 0 Å². The van der Waals surface area contributed by atoms with E-state index in [1.54, 1.807) is 0 Å². The molecule has 1 amide bonds. The zero-order valence-electron chi connectivity index (χ0n) is 16.0. The summed E-state index contributed by atoms with van der Waals surface area (Å²) in [6.45, 7) is 4.46. The number of rotatable bonds is 13. The number of nitrogens with two attached hydrogens (primary N) is 1. The molecule has 4 aliphatic carbocycles. The molecule has 3 N–H and O–H groups in total. The van der Waals surface area contributed by atoms with Crippen LogP contribution < -0.4 is 11.1 Å². The predicted octanol–water partition coefficient (Wildman–Crippen LogP) is 1.72. The maximum absolute atomic E-state index is 12.4. The molecule has 0 atom stereocenters. The highest BCUT2D eigenvalue weighted by molar-refractivity contribution is 5.76. The molecule has 0 heterocycles. The fourth-order valence-corrected chi connectivity index (χ4v) is 5.80. The van der Waals surface area contributed by atoms with E-state index in [9.17, 15) is 4.79 Å². The van der Waals surface area contributed by atoms with E-state index < -0.39 is 0 Å². The van der Waals surface area contributed by atoms with Crippen LogP contribution in [0.4, 0.5) is 0 Å². The van der Waals surface area contributed by atoms with Gasteiger partial charge in [-0.15, -0.1) is 0 Å². The Morgan fingerprint density at radius 2 is 1.35 bits per heavy atom. The molecule has 6 nitrogen and oxygen atoms in total. The first kappa shape index (κ1) is 20.1. The summed E-state index contributed by atoms with van der Waals surface area (Å²) in [5, 5.41) is 3.05. The van der Waals surface area contributed by atoms with Crippen molar-refractivity contribution in [2.45, 2.75) is 44.9 Å². The highest BCUT2D eigenvalue weighted by atomic mass is 16.5. The first-order chi connectivity index (χ1) is 12.7. The molecule has 0 aliphatic heterocycles. The van der Waals surface area contributed by atoms with Crippen molar-refractivity contribution in [1.82, 2.24) is 5.32 Å². The summed E-state index contributed by atoms with van der Waals surface area (Å²) >= 11 is 0. The van der Waals surface area contributed by atoms with Gasteiger partial charge in [0, 0.05) is 19.5 Å². The van der Waals surface area contributed by atoms with E-state index >= 15 is 0 Å². The molecule has 0 spiro atoms. The molecule has 4 fully saturated rings. The quantitative estimate of drug-likeness (QED) is 0.484. The maximum Gasteiger partial charge on any atom is 0.220 e. The summed E-state index contributed by atoms with van der Waals surface area (Å²) in [6, 6.07) is 0. The third-order valence-electron chi connectivity index (χ3n) is 6.28. The van der Waals surface area contributed by atoms with Gasteiger partial charge in [-0.05, 0) is 61.7 Å². The second-order valence-electron chi connectivity index (χ2n) is 8.57. The van der Waals surface area contributed by atoms with Gasteiger partial charge < -0.3 is 25.3 Å². The number of amides is 1. The number of ether oxygens (including phenoxy) is 3. The molecule has 0 aromatic heterocycles. The number of carbonyl (C=O) groups excluding carboxylic acids is 1. The minimum absolute atomic E-state index is 0.212. The van der Waals surface area contributed by atoms with Gasteiger partial charge in [-0.25, -0.2) is 0 Å². The van der Waals surface area contributed by atoms with E-state index in [1.165, 1.54) is 38.5 Å². The van der Waals surface area contributed by atoms with Crippen molar-refractivity contribution in [3.05, 3.63) is 0 Å². The number of nitrogens with one attached hydrogen (secondary N) is 1. The van der Waals surface area contributed by atoms with Crippen LogP contribution in [0.3, 0.4) is 0 Å². The minimum atomic E-state index is 0.212. The van der Waals surface area contributed by atoms with E-state index in [2.05, 4.69) is 5.32 Å². The summed E-state index contributed by atoms with van der Waals surface area (Å²) < 4.78 is 16.1. The molecule has 0 unspecified atom stereocenters. The molecule has 0 aromatic rings. The minimum Gasteiger partial charge on any atom is -0.378 e. The molecule has 0 saturated heterocycles. The predicted molar refractivity (Wildman–Crippen MR) is 99.7 cm³/mol. The monoisotopic (exact) mass is 368 g/mol. The smallest absolute Gasteiger partial charge is 0.220 e. The number of hydrogen-bond acceptors (Lipinski definition) is 5. The van der Waals surface area contributed by atoms with Gasteiger partial charge >= 0.3 is 0 Å². The third kappa shape index (κ3) is 5.91. The van der Waals surface area contributed by atoms with Gasteiger partial charge in [0.15, 0.2) is 0 Å². The zero-order valence-corrected chi connectivity index (χ0v) is 16.0. The van der Waals surface area contributed by atoms with Crippen molar-refractivity contribution in [2.75, 3.05) is 52.7 Å². The molecule has 26 heavy (non-hydrogen) atoms. The molecule has 4 saturated carbocycles. The summed E-state index contributed by atoms with van der Waals surface area (Å²) in [5.41, 5.74) is 5.65. The van der Waals surface area contributed by atoms with E-state index in [4.69, 9.17) is 19.9 Å². The van der Waals surface area contributed by atoms with Crippen LogP contribution in [0.2, 0.25) is 0 Å². The molecule has 4 aliphatic rings. The third-order valence-corrected chi connectivity index (χ3v) is 6.28. The molecule has 4 rings (SSSR count). The standard InChI is InChI=1S/C20H36N2O4/c21-1-3-24-5-7-26-8-6-25-4-2-22-19(23)15-20-12-16-9-17(13-20)11-18(10-16)14-20/h16-18H,1-15,21H2,(H,22,23). The van der Waals surface area contributed by atoms with Crippen LogP contribution in [0.25, 0.3) is 0 Å². The normalized spacial score (nSPS) is 32.1. The van der Waals surface area contributed by atoms with E-state index in [0.717, 1.165) is 24.2 Å². The highest BCUT2D eigenvalue weighted by Gasteiger charge is 2.51. The topological polar surface area (TPSA) is 82.8 Å².